The molecule has 0 amide bonds. The largest absolute Gasteiger partial charge is 0.370 e. The number of carbonyl (C=O) groups excluding carboxylic acids is 1. The summed E-state index contributed by atoms with van der Waals surface area (Å²) in [7, 11) is 0. The lowest BCUT2D eigenvalue weighted by atomic mass is 9.84. The summed E-state index contributed by atoms with van der Waals surface area (Å²) < 4.78 is 0. The number of ketones is 1. The summed E-state index contributed by atoms with van der Waals surface area (Å²) >= 11 is 0. The lowest BCUT2D eigenvalue weighted by Crippen LogP contribution is -2.46. The molecule has 0 bridgehead atoms. The van der Waals surface area contributed by atoms with Crippen molar-refractivity contribution >= 4 is 11.7 Å². The molecule has 0 aromatic heterocycles. The second-order valence-corrected chi connectivity index (χ2v) is 6.48. The first-order chi connectivity index (χ1) is 9.18. The molecule has 0 saturated carbocycles. The van der Waals surface area contributed by atoms with E-state index in [0.29, 0.717) is 12.6 Å². The van der Waals surface area contributed by atoms with E-state index < -0.39 is 0 Å². The Morgan fingerprint density at radius 2 is 1.90 bits per heavy atom. The Morgan fingerprint density at radius 3 is 2.35 bits per heavy atom. The molecule has 0 saturated heterocycles. The topological polar surface area (TPSA) is 91.0 Å². The van der Waals surface area contributed by atoms with Gasteiger partial charge < -0.3 is 16.4 Å². The van der Waals surface area contributed by atoms with Gasteiger partial charge in [0.1, 0.15) is 0 Å². The fourth-order valence-corrected chi connectivity index (χ4v) is 1.97. The first kappa shape index (κ1) is 18.9. The Labute approximate surface area is 123 Å². The van der Waals surface area contributed by atoms with Gasteiger partial charge in [0.2, 0.25) is 0 Å². The number of nitrogens with one attached hydrogen (secondary N) is 3. The van der Waals surface area contributed by atoms with Gasteiger partial charge in [0, 0.05) is 18.0 Å². The molecule has 20 heavy (non-hydrogen) atoms. The molecule has 0 spiro atoms. The van der Waals surface area contributed by atoms with Crippen LogP contribution in [0.1, 0.15) is 60.3 Å². The molecule has 5 heteroatoms. The third-order valence-electron chi connectivity index (χ3n) is 3.39. The summed E-state index contributed by atoms with van der Waals surface area (Å²) in [6, 6.07) is 0.268. The van der Waals surface area contributed by atoms with Gasteiger partial charge in [-0.1, -0.05) is 27.7 Å². The van der Waals surface area contributed by atoms with Crippen LogP contribution in [-0.4, -0.2) is 30.4 Å². The van der Waals surface area contributed by atoms with Crippen molar-refractivity contribution in [1.82, 2.24) is 10.6 Å². The minimum atomic E-state index is -0.317. The molecule has 0 fully saturated rings. The molecule has 2 atom stereocenters. The predicted octanol–water partition coefficient (Wildman–Crippen LogP) is 2.01. The molecule has 5 nitrogen and oxygen atoms in total. The van der Waals surface area contributed by atoms with Gasteiger partial charge >= 0.3 is 0 Å². The predicted molar refractivity (Wildman–Crippen MR) is 84.9 cm³/mol. The van der Waals surface area contributed by atoms with Crippen LogP contribution in [0, 0.1) is 10.8 Å². The minimum absolute atomic E-state index is 0.00467. The van der Waals surface area contributed by atoms with Crippen LogP contribution in [0.2, 0.25) is 0 Å². The maximum absolute atomic E-state index is 12.5. The van der Waals surface area contributed by atoms with Crippen molar-refractivity contribution in [3.05, 3.63) is 0 Å². The Kier molecular flexibility index (Phi) is 8.46. The average molecular weight is 284 g/mol. The highest BCUT2D eigenvalue weighted by molar-refractivity contribution is 5.88. The molecule has 118 valence electrons. The minimum Gasteiger partial charge on any atom is -0.370 e. The van der Waals surface area contributed by atoms with Crippen molar-refractivity contribution in [1.29, 1.82) is 5.41 Å². The Balaban J connectivity index is 4.32. The summed E-state index contributed by atoms with van der Waals surface area (Å²) in [6.45, 7) is 10.8. The van der Waals surface area contributed by atoms with Gasteiger partial charge in [-0.15, -0.1) is 0 Å². The van der Waals surface area contributed by atoms with E-state index in [0.717, 1.165) is 25.7 Å². The number of hydrogen-bond donors (Lipinski definition) is 4. The third kappa shape index (κ3) is 8.15. The first-order valence-corrected chi connectivity index (χ1v) is 7.56. The van der Waals surface area contributed by atoms with Gasteiger partial charge in [-0.05, 0) is 32.6 Å². The fraction of sp³-hybridized carbons (Fsp3) is 0.867. The van der Waals surface area contributed by atoms with Crippen LogP contribution in [0.25, 0.3) is 0 Å². The van der Waals surface area contributed by atoms with E-state index >= 15 is 0 Å². The number of rotatable bonds is 9. The number of nitrogens with two attached hydrogens (primary N) is 1. The lowest BCUT2D eigenvalue weighted by molar-refractivity contribution is -0.128. The van der Waals surface area contributed by atoms with E-state index in [1.54, 1.807) is 0 Å². The third-order valence-corrected chi connectivity index (χ3v) is 3.39. The van der Waals surface area contributed by atoms with Crippen LogP contribution in [-0.2, 0) is 4.79 Å². The highest BCUT2D eigenvalue weighted by atomic mass is 16.1. The van der Waals surface area contributed by atoms with Gasteiger partial charge in [-0.25, -0.2) is 0 Å². The molecule has 0 aliphatic heterocycles. The van der Waals surface area contributed by atoms with E-state index in [9.17, 15) is 4.79 Å². The summed E-state index contributed by atoms with van der Waals surface area (Å²) in [6.07, 6.45) is 3.70. The van der Waals surface area contributed by atoms with Gasteiger partial charge in [-0.3, -0.25) is 10.2 Å². The van der Waals surface area contributed by atoms with Crippen molar-refractivity contribution in [2.45, 2.75) is 72.4 Å². The van der Waals surface area contributed by atoms with Crippen LogP contribution < -0.4 is 16.4 Å². The van der Waals surface area contributed by atoms with Gasteiger partial charge in [0.15, 0.2) is 11.7 Å². The number of guanidine groups is 1. The average Bonchev–Trinajstić information content (AvgIpc) is 2.34. The summed E-state index contributed by atoms with van der Waals surface area (Å²) in [5.74, 6) is 0.280. The highest BCUT2D eigenvalue weighted by Gasteiger charge is 2.29. The molecule has 0 rings (SSSR count). The molecular formula is C15H32N4O. The summed E-state index contributed by atoms with van der Waals surface area (Å²) in [5, 5.41) is 13.3. The van der Waals surface area contributed by atoms with Gasteiger partial charge in [-0.2, -0.15) is 0 Å². The standard InChI is InChI=1S/C15H32N4O/c1-6-11(2)19-12(13(20)15(3,4)5)9-7-8-10-18-14(16)17/h11-12,19H,6-10H2,1-5H3,(H4,16,17,18). The zero-order valence-electron chi connectivity index (χ0n) is 13.7. The zero-order chi connectivity index (χ0) is 15.8. The summed E-state index contributed by atoms with van der Waals surface area (Å²) in [5.41, 5.74) is 4.91. The molecule has 0 aromatic carbocycles. The molecule has 2 unspecified atom stereocenters. The molecule has 0 aliphatic carbocycles. The van der Waals surface area contributed by atoms with E-state index in [2.05, 4.69) is 24.5 Å². The fourth-order valence-electron chi connectivity index (χ4n) is 1.97. The van der Waals surface area contributed by atoms with Crippen LogP contribution >= 0.6 is 0 Å². The highest BCUT2D eigenvalue weighted by Crippen LogP contribution is 2.20. The maximum Gasteiger partial charge on any atom is 0.185 e. The van der Waals surface area contributed by atoms with Crippen LogP contribution in [0.3, 0.4) is 0 Å². The zero-order valence-corrected chi connectivity index (χ0v) is 13.7. The molecule has 0 heterocycles. The summed E-state index contributed by atoms with van der Waals surface area (Å²) in [4.78, 5) is 12.5. The second-order valence-electron chi connectivity index (χ2n) is 6.48. The monoisotopic (exact) mass is 284 g/mol. The lowest BCUT2D eigenvalue weighted by Gasteiger charge is -2.28. The van der Waals surface area contributed by atoms with Crippen molar-refractivity contribution in [2.75, 3.05) is 6.54 Å². The van der Waals surface area contributed by atoms with E-state index in [1.807, 2.05) is 20.8 Å². The van der Waals surface area contributed by atoms with Crippen LogP contribution in [0.4, 0.5) is 0 Å². The normalized spacial score (nSPS) is 14.7. The van der Waals surface area contributed by atoms with E-state index in [4.69, 9.17) is 11.1 Å². The van der Waals surface area contributed by atoms with Crippen LogP contribution in [0.15, 0.2) is 0 Å². The Hall–Kier alpha value is -1.10. The molecule has 0 radical (unpaired) electrons. The quantitative estimate of drug-likeness (QED) is 0.296. The molecular weight excluding hydrogens is 252 g/mol. The number of Topliss-reactive ketones (excluding diaryl/α,β-unsaturated/α-hetero) is 1. The molecule has 0 aromatic rings. The van der Waals surface area contributed by atoms with Gasteiger partial charge in [0.25, 0.3) is 0 Å². The SMILES string of the molecule is CCC(C)NC(CCCCNC(=N)N)C(=O)C(C)(C)C. The van der Waals surface area contributed by atoms with Gasteiger partial charge in [0.05, 0.1) is 6.04 Å². The van der Waals surface area contributed by atoms with Crippen molar-refractivity contribution < 1.29 is 4.79 Å². The smallest absolute Gasteiger partial charge is 0.185 e. The Morgan fingerprint density at radius 1 is 1.30 bits per heavy atom. The van der Waals surface area contributed by atoms with Crippen LogP contribution in [0.5, 0.6) is 0 Å². The number of carbonyl (C=O) groups is 1. The second kappa shape index (κ2) is 8.95. The molecule has 5 N–H and O–H groups in total. The maximum atomic E-state index is 12.5. The van der Waals surface area contributed by atoms with Crippen molar-refractivity contribution in [2.24, 2.45) is 11.1 Å². The number of hydrogen-bond acceptors (Lipinski definition) is 3. The van der Waals surface area contributed by atoms with Crippen molar-refractivity contribution in [3.8, 4) is 0 Å². The van der Waals surface area contributed by atoms with Crippen molar-refractivity contribution in [3.63, 3.8) is 0 Å². The van der Waals surface area contributed by atoms with E-state index in [1.165, 1.54) is 0 Å². The van der Waals surface area contributed by atoms with E-state index in [-0.39, 0.29) is 23.2 Å². The Bertz CT molecular complexity index is 309. The first-order valence-electron chi connectivity index (χ1n) is 7.56. The number of unbranched alkanes of at least 4 members (excludes halogenated alkanes) is 1. The molecule has 0 aliphatic rings.